The van der Waals surface area contributed by atoms with Crippen molar-refractivity contribution in [1.82, 2.24) is 4.90 Å². The van der Waals surface area contributed by atoms with E-state index < -0.39 is 0 Å². The Morgan fingerprint density at radius 3 is 2.69 bits per heavy atom. The average molecular weight is 219 g/mol. The Hall–Kier alpha value is -0.860. The molecular formula is C14H21NO. The van der Waals surface area contributed by atoms with E-state index in [1.54, 1.807) is 0 Å². The highest BCUT2D eigenvalue weighted by atomic mass is 16.3. The SMILES string of the molecule is C[C@@H]1CCC[C@H](CO)N1Cc1ccccc1. The molecule has 2 rings (SSSR count). The smallest absolute Gasteiger partial charge is 0.0587 e. The van der Waals surface area contributed by atoms with Gasteiger partial charge in [0, 0.05) is 18.6 Å². The lowest BCUT2D eigenvalue weighted by molar-refractivity contribution is 0.0452. The molecule has 1 aromatic carbocycles. The summed E-state index contributed by atoms with van der Waals surface area (Å²) in [7, 11) is 0. The molecule has 1 saturated heterocycles. The largest absolute Gasteiger partial charge is 0.395 e. The third kappa shape index (κ3) is 2.63. The number of piperidine rings is 1. The minimum Gasteiger partial charge on any atom is -0.395 e. The molecule has 2 heteroatoms. The Morgan fingerprint density at radius 2 is 2.00 bits per heavy atom. The monoisotopic (exact) mass is 219 g/mol. The molecule has 0 spiro atoms. The Bertz CT molecular complexity index is 312. The van der Waals surface area contributed by atoms with Crippen molar-refractivity contribution >= 4 is 0 Å². The fourth-order valence-electron chi connectivity index (χ4n) is 2.62. The molecule has 1 aliphatic rings. The summed E-state index contributed by atoms with van der Waals surface area (Å²) in [6, 6.07) is 11.5. The molecule has 1 N–H and O–H groups in total. The third-order valence-corrected chi connectivity index (χ3v) is 3.61. The molecule has 0 saturated carbocycles. The Balaban J connectivity index is 2.05. The van der Waals surface area contributed by atoms with Gasteiger partial charge in [-0.15, -0.1) is 0 Å². The van der Waals surface area contributed by atoms with E-state index in [9.17, 15) is 5.11 Å². The van der Waals surface area contributed by atoms with Gasteiger partial charge in [-0.2, -0.15) is 0 Å². The lowest BCUT2D eigenvalue weighted by Gasteiger charge is -2.40. The van der Waals surface area contributed by atoms with Crippen molar-refractivity contribution in [2.45, 2.75) is 44.8 Å². The first-order valence-corrected chi connectivity index (χ1v) is 6.22. The number of hydrogen-bond donors (Lipinski definition) is 1. The highest BCUT2D eigenvalue weighted by Crippen LogP contribution is 2.24. The van der Waals surface area contributed by atoms with Gasteiger partial charge in [0.25, 0.3) is 0 Å². The number of benzene rings is 1. The summed E-state index contributed by atoms with van der Waals surface area (Å²) in [5.41, 5.74) is 1.34. The van der Waals surface area contributed by atoms with Gasteiger partial charge < -0.3 is 5.11 Å². The zero-order chi connectivity index (χ0) is 11.4. The summed E-state index contributed by atoms with van der Waals surface area (Å²) in [6.07, 6.45) is 3.63. The second kappa shape index (κ2) is 5.46. The van der Waals surface area contributed by atoms with Crippen LogP contribution in [0.5, 0.6) is 0 Å². The molecule has 1 fully saturated rings. The predicted molar refractivity (Wildman–Crippen MR) is 66.2 cm³/mol. The Morgan fingerprint density at radius 1 is 1.25 bits per heavy atom. The van der Waals surface area contributed by atoms with Crippen molar-refractivity contribution in [1.29, 1.82) is 0 Å². The van der Waals surface area contributed by atoms with Crippen LogP contribution in [0.3, 0.4) is 0 Å². The maximum atomic E-state index is 9.42. The van der Waals surface area contributed by atoms with E-state index in [0.29, 0.717) is 12.1 Å². The van der Waals surface area contributed by atoms with Crippen molar-refractivity contribution in [2.24, 2.45) is 0 Å². The lowest BCUT2D eigenvalue weighted by Crippen LogP contribution is -2.46. The summed E-state index contributed by atoms with van der Waals surface area (Å²) in [4.78, 5) is 2.44. The summed E-state index contributed by atoms with van der Waals surface area (Å²) in [5, 5.41) is 9.42. The van der Waals surface area contributed by atoms with E-state index >= 15 is 0 Å². The molecule has 88 valence electrons. The van der Waals surface area contributed by atoms with Crippen LogP contribution in [0.1, 0.15) is 31.7 Å². The zero-order valence-electron chi connectivity index (χ0n) is 9.97. The minimum atomic E-state index is 0.289. The predicted octanol–water partition coefficient (Wildman–Crippen LogP) is 2.42. The number of rotatable bonds is 3. The molecule has 2 nitrogen and oxygen atoms in total. The molecule has 0 amide bonds. The van der Waals surface area contributed by atoms with Crippen LogP contribution in [0, 0.1) is 0 Å². The number of likely N-dealkylation sites (tertiary alicyclic amines) is 1. The van der Waals surface area contributed by atoms with Crippen LogP contribution in [0.25, 0.3) is 0 Å². The number of aliphatic hydroxyl groups is 1. The van der Waals surface area contributed by atoms with E-state index in [2.05, 4.69) is 36.1 Å². The van der Waals surface area contributed by atoms with Gasteiger partial charge in [-0.05, 0) is 25.3 Å². The third-order valence-electron chi connectivity index (χ3n) is 3.61. The second-order valence-corrected chi connectivity index (χ2v) is 4.77. The number of aliphatic hydroxyl groups excluding tert-OH is 1. The summed E-state index contributed by atoms with van der Waals surface area (Å²) >= 11 is 0. The number of hydrogen-bond acceptors (Lipinski definition) is 2. The average Bonchev–Trinajstić information content (AvgIpc) is 2.33. The highest BCUT2D eigenvalue weighted by molar-refractivity contribution is 5.14. The quantitative estimate of drug-likeness (QED) is 0.844. The van der Waals surface area contributed by atoms with E-state index in [4.69, 9.17) is 0 Å². The fourth-order valence-corrected chi connectivity index (χ4v) is 2.62. The Labute approximate surface area is 97.9 Å². The van der Waals surface area contributed by atoms with E-state index in [1.807, 2.05) is 6.07 Å². The van der Waals surface area contributed by atoms with Crippen LogP contribution in [0.15, 0.2) is 30.3 Å². The molecule has 16 heavy (non-hydrogen) atoms. The van der Waals surface area contributed by atoms with Gasteiger partial charge in [0.1, 0.15) is 0 Å². The summed E-state index contributed by atoms with van der Waals surface area (Å²) in [5.74, 6) is 0. The lowest BCUT2D eigenvalue weighted by atomic mass is 9.96. The second-order valence-electron chi connectivity index (χ2n) is 4.77. The first-order chi connectivity index (χ1) is 7.81. The van der Waals surface area contributed by atoms with E-state index in [0.717, 1.165) is 13.0 Å². The van der Waals surface area contributed by atoms with Crippen LogP contribution in [-0.2, 0) is 6.54 Å². The fraction of sp³-hybridized carbons (Fsp3) is 0.571. The molecule has 0 bridgehead atoms. The number of nitrogens with zero attached hydrogens (tertiary/aromatic N) is 1. The molecule has 0 aromatic heterocycles. The van der Waals surface area contributed by atoms with E-state index in [-0.39, 0.29) is 6.61 Å². The maximum absolute atomic E-state index is 9.42. The van der Waals surface area contributed by atoms with Gasteiger partial charge in [0.15, 0.2) is 0 Å². The first kappa shape index (κ1) is 11.6. The van der Waals surface area contributed by atoms with Crippen LogP contribution in [0.2, 0.25) is 0 Å². The van der Waals surface area contributed by atoms with Crippen molar-refractivity contribution in [3.8, 4) is 0 Å². The van der Waals surface area contributed by atoms with Crippen LogP contribution >= 0.6 is 0 Å². The normalized spacial score (nSPS) is 26.9. The molecule has 1 aliphatic heterocycles. The van der Waals surface area contributed by atoms with Gasteiger partial charge in [-0.1, -0.05) is 36.8 Å². The van der Waals surface area contributed by atoms with Crippen molar-refractivity contribution in [3.05, 3.63) is 35.9 Å². The van der Waals surface area contributed by atoms with Gasteiger partial charge in [-0.3, -0.25) is 4.90 Å². The molecule has 0 unspecified atom stereocenters. The van der Waals surface area contributed by atoms with Gasteiger partial charge in [0.2, 0.25) is 0 Å². The standard InChI is InChI=1S/C14H21NO/c1-12-6-5-9-14(11-16)15(12)10-13-7-3-2-4-8-13/h2-4,7-8,12,14,16H,5-6,9-11H2,1H3/t12-,14-/m1/s1. The topological polar surface area (TPSA) is 23.5 Å². The van der Waals surface area contributed by atoms with Crippen molar-refractivity contribution in [2.75, 3.05) is 6.61 Å². The molecule has 0 aliphatic carbocycles. The van der Waals surface area contributed by atoms with Crippen LogP contribution < -0.4 is 0 Å². The molecular weight excluding hydrogens is 198 g/mol. The molecule has 0 radical (unpaired) electrons. The minimum absolute atomic E-state index is 0.289. The zero-order valence-corrected chi connectivity index (χ0v) is 9.97. The van der Waals surface area contributed by atoms with Crippen molar-refractivity contribution in [3.63, 3.8) is 0 Å². The van der Waals surface area contributed by atoms with E-state index in [1.165, 1.54) is 18.4 Å². The van der Waals surface area contributed by atoms with Crippen molar-refractivity contribution < 1.29 is 5.11 Å². The highest BCUT2D eigenvalue weighted by Gasteiger charge is 2.26. The Kier molecular flexibility index (Phi) is 3.97. The summed E-state index contributed by atoms with van der Waals surface area (Å²) in [6.45, 7) is 3.52. The maximum Gasteiger partial charge on any atom is 0.0587 e. The first-order valence-electron chi connectivity index (χ1n) is 6.22. The van der Waals surface area contributed by atoms with Crippen LogP contribution in [-0.4, -0.2) is 28.7 Å². The van der Waals surface area contributed by atoms with Crippen LogP contribution in [0.4, 0.5) is 0 Å². The van der Waals surface area contributed by atoms with Gasteiger partial charge in [0.05, 0.1) is 6.61 Å². The van der Waals surface area contributed by atoms with Gasteiger partial charge >= 0.3 is 0 Å². The molecule has 1 aromatic rings. The molecule has 2 atom stereocenters. The van der Waals surface area contributed by atoms with Gasteiger partial charge in [-0.25, -0.2) is 0 Å². The molecule has 1 heterocycles. The summed E-state index contributed by atoms with van der Waals surface area (Å²) < 4.78 is 0.